The summed E-state index contributed by atoms with van der Waals surface area (Å²) in [6.45, 7) is 0. The molecule has 0 spiro atoms. The number of sulfone groups is 1. The zero-order valence-corrected chi connectivity index (χ0v) is 19.4. The lowest BCUT2D eigenvalue weighted by Gasteiger charge is -2.22. The highest BCUT2D eigenvalue weighted by atomic mass is 79.9. The van der Waals surface area contributed by atoms with Crippen molar-refractivity contribution in [3.05, 3.63) is 94.0 Å². The Hall–Kier alpha value is -2.64. The van der Waals surface area contributed by atoms with Crippen LogP contribution < -0.4 is 10.2 Å². The van der Waals surface area contributed by atoms with Gasteiger partial charge in [-0.05, 0) is 53.6 Å². The molecule has 0 aliphatic heterocycles. The highest BCUT2D eigenvalue weighted by molar-refractivity contribution is 9.10. The third-order valence-corrected chi connectivity index (χ3v) is 6.35. The summed E-state index contributed by atoms with van der Waals surface area (Å²) in [7, 11) is 0.609. The van der Waals surface area contributed by atoms with Crippen LogP contribution in [0.3, 0.4) is 0 Å². The molecular formula is C23H23BrN2O3S. The van der Waals surface area contributed by atoms with Crippen molar-refractivity contribution in [2.75, 3.05) is 25.3 Å². The number of nitrogens with zero attached hydrogens (tertiary/aromatic N) is 1. The maximum absolute atomic E-state index is 13.0. The lowest BCUT2D eigenvalue weighted by Crippen LogP contribution is -2.29. The van der Waals surface area contributed by atoms with E-state index in [-0.39, 0.29) is 10.8 Å². The molecule has 0 aliphatic carbocycles. The minimum atomic E-state index is -3.30. The molecule has 156 valence electrons. The molecule has 3 rings (SSSR count). The second kappa shape index (κ2) is 9.02. The Morgan fingerprint density at radius 2 is 1.60 bits per heavy atom. The summed E-state index contributed by atoms with van der Waals surface area (Å²) < 4.78 is 24.5. The van der Waals surface area contributed by atoms with Crippen LogP contribution in [0.25, 0.3) is 0 Å². The molecular weight excluding hydrogens is 464 g/mol. The molecule has 1 unspecified atom stereocenters. The summed E-state index contributed by atoms with van der Waals surface area (Å²) in [5, 5.41) is 3.09. The summed E-state index contributed by atoms with van der Waals surface area (Å²) in [4.78, 5) is 15.2. The zero-order chi connectivity index (χ0) is 21.9. The van der Waals surface area contributed by atoms with Gasteiger partial charge in [-0.3, -0.25) is 4.79 Å². The second-order valence-electron chi connectivity index (χ2n) is 7.25. The molecule has 0 radical (unpaired) electrons. The van der Waals surface area contributed by atoms with E-state index in [4.69, 9.17) is 0 Å². The van der Waals surface area contributed by atoms with E-state index in [1.807, 2.05) is 55.4 Å². The van der Waals surface area contributed by atoms with E-state index in [0.29, 0.717) is 5.56 Å². The molecule has 1 amide bonds. The normalized spacial score (nSPS) is 12.3. The number of halogens is 1. The van der Waals surface area contributed by atoms with Crippen LogP contribution in [0.5, 0.6) is 0 Å². The highest BCUT2D eigenvalue weighted by Gasteiger charge is 2.19. The molecule has 0 aromatic heterocycles. The van der Waals surface area contributed by atoms with Crippen LogP contribution in [0, 0.1) is 0 Å². The fourth-order valence-corrected chi connectivity index (χ4v) is 4.12. The molecule has 0 aliphatic rings. The summed E-state index contributed by atoms with van der Waals surface area (Å²) in [5.41, 5.74) is 3.23. The topological polar surface area (TPSA) is 66.5 Å². The number of carbonyl (C=O) groups is 1. The van der Waals surface area contributed by atoms with Gasteiger partial charge in [0.2, 0.25) is 0 Å². The van der Waals surface area contributed by atoms with Crippen LogP contribution >= 0.6 is 15.9 Å². The Balaban J connectivity index is 2.02. The Bertz CT molecular complexity index is 1160. The quantitative estimate of drug-likeness (QED) is 0.559. The van der Waals surface area contributed by atoms with Crippen molar-refractivity contribution in [2.45, 2.75) is 10.9 Å². The first-order valence-electron chi connectivity index (χ1n) is 9.29. The zero-order valence-electron chi connectivity index (χ0n) is 17.0. The van der Waals surface area contributed by atoms with Crippen molar-refractivity contribution >= 4 is 37.4 Å². The predicted octanol–water partition coefficient (Wildman–Crippen LogP) is 4.44. The minimum absolute atomic E-state index is 0.219. The van der Waals surface area contributed by atoms with Crippen molar-refractivity contribution in [1.82, 2.24) is 5.32 Å². The third-order valence-electron chi connectivity index (χ3n) is 4.72. The number of anilines is 1. The fraction of sp³-hybridized carbons (Fsp3) is 0.174. The Morgan fingerprint density at radius 1 is 0.933 bits per heavy atom. The molecule has 1 N–H and O–H groups in total. The van der Waals surface area contributed by atoms with Gasteiger partial charge in [0.05, 0.1) is 10.9 Å². The average Bonchev–Trinajstić information content (AvgIpc) is 2.71. The Morgan fingerprint density at radius 3 is 2.20 bits per heavy atom. The van der Waals surface area contributed by atoms with Gasteiger partial charge >= 0.3 is 0 Å². The van der Waals surface area contributed by atoms with Gasteiger partial charge in [0.1, 0.15) is 0 Å². The molecule has 0 saturated heterocycles. The molecule has 0 heterocycles. The van der Waals surface area contributed by atoms with E-state index in [1.54, 1.807) is 36.4 Å². The number of nitrogens with one attached hydrogen (secondary N) is 1. The average molecular weight is 487 g/mol. The summed E-state index contributed by atoms with van der Waals surface area (Å²) in [5.74, 6) is -0.219. The first kappa shape index (κ1) is 22.1. The molecule has 1 atom stereocenters. The molecule has 0 bridgehead atoms. The van der Waals surface area contributed by atoms with Crippen LogP contribution in [0.15, 0.2) is 82.2 Å². The van der Waals surface area contributed by atoms with Gasteiger partial charge in [0, 0.05) is 36.1 Å². The first-order valence-corrected chi connectivity index (χ1v) is 12.0. The van der Waals surface area contributed by atoms with Crippen LogP contribution in [-0.2, 0) is 9.84 Å². The fourth-order valence-electron chi connectivity index (χ4n) is 3.09. The van der Waals surface area contributed by atoms with E-state index in [2.05, 4.69) is 21.2 Å². The molecule has 0 saturated carbocycles. The molecule has 30 heavy (non-hydrogen) atoms. The van der Waals surface area contributed by atoms with Crippen molar-refractivity contribution in [1.29, 1.82) is 0 Å². The molecule has 7 heteroatoms. The number of hydrogen-bond donors (Lipinski definition) is 1. The molecule has 5 nitrogen and oxygen atoms in total. The van der Waals surface area contributed by atoms with Gasteiger partial charge in [-0.15, -0.1) is 0 Å². The van der Waals surface area contributed by atoms with E-state index in [0.717, 1.165) is 21.3 Å². The van der Waals surface area contributed by atoms with Crippen LogP contribution in [0.2, 0.25) is 0 Å². The van der Waals surface area contributed by atoms with Gasteiger partial charge in [0.25, 0.3) is 5.91 Å². The predicted molar refractivity (Wildman–Crippen MR) is 124 cm³/mol. The van der Waals surface area contributed by atoms with Crippen molar-refractivity contribution in [2.24, 2.45) is 0 Å². The van der Waals surface area contributed by atoms with E-state index in [9.17, 15) is 13.2 Å². The minimum Gasteiger partial charge on any atom is -0.378 e. The monoisotopic (exact) mass is 486 g/mol. The van der Waals surface area contributed by atoms with Gasteiger partial charge in [0.15, 0.2) is 9.84 Å². The largest absolute Gasteiger partial charge is 0.378 e. The van der Waals surface area contributed by atoms with Gasteiger partial charge < -0.3 is 10.2 Å². The number of hydrogen-bond acceptors (Lipinski definition) is 4. The number of benzene rings is 3. The molecule has 3 aromatic carbocycles. The van der Waals surface area contributed by atoms with Crippen molar-refractivity contribution in [3.8, 4) is 0 Å². The molecule has 0 fully saturated rings. The van der Waals surface area contributed by atoms with E-state index >= 15 is 0 Å². The summed E-state index contributed by atoms with van der Waals surface area (Å²) in [6, 6.07) is 21.2. The van der Waals surface area contributed by atoms with Gasteiger partial charge in [-0.2, -0.15) is 0 Å². The Labute approximate surface area is 185 Å². The number of carbonyl (C=O) groups excluding carboxylic acids is 1. The first-order chi connectivity index (χ1) is 14.1. The van der Waals surface area contributed by atoms with Gasteiger partial charge in [-0.25, -0.2) is 8.42 Å². The standard InChI is InChI=1S/C23H23BrN2O3S/c1-26(2)20-9-5-6-17(15-20)22(16-10-12-21(13-11-16)30(3,28)29)25-23(27)18-7-4-8-19(24)14-18/h4-15,22H,1-3H3,(H,25,27). The number of rotatable bonds is 6. The SMILES string of the molecule is CN(C)c1cccc(C(NC(=O)c2cccc(Br)c2)c2ccc(S(C)(=O)=O)cc2)c1. The highest BCUT2D eigenvalue weighted by Crippen LogP contribution is 2.27. The van der Waals surface area contributed by atoms with Crippen molar-refractivity contribution < 1.29 is 13.2 Å². The van der Waals surface area contributed by atoms with E-state index in [1.165, 1.54) is 6.26 Å². The van der Waals surface area contributed by atoms with Crippen LogP contribution in [0.4, 0.5) is 5.69 Å². The van der Waals surface area contributed by atoms with Gasteiger partial charge in [-0.1, -0.05) is 46.3 Å². The summed E-state index contributed by atoms with van der Waals surface area (Å²) >= 11 is 3.40. The van der Waals surface area contributed by atoms with Crippen LogP contribution in [-0.4, -0.2) is 34.7 Å². The molecule has 3 aromatic rings. The Kier molecular flexibility index (Phi) is 6.63. The smallest absolute Gasteiger partial charge is 0.252 e. The van der Waals surface area contributed by atoms with E-state index < -0.39 is 15.9 Å². The maximum Gasteiger partial charge on any atom is 0.252 e. The summed E-state index contributed by atoms with van der Waals surface area (Å²) in [6.07, 6.45) is 1.18. The lowest BCUT2D eigenvalue weighted by molar-refractivity contribution is 0.0943. The van der Waals surface area contributed by atoms with Crippen LogP contribution in [0.1, 0.15) is 27.5 Å². The number of amides is 1. The maximum atomic E-state index is 13.0. The van der Waals surface area contributed by atoms with Crippen molar-refractivity contribution in [3.63, 3.8) is 0 Å². The lowest BCUT2D eigenvalue weighted by atomic mass is 9.97. The second-order valence-corrected chi connectivity index (χ2v) is 10.2. The third kappa shape index (κ3) is 5.29.